The molecule has 2 aliphatic heterocycles. The van der Waals surface area contributed by atoms with Crippen LogP contribution >= 0.6 is 0 Å². The maximum Gasteiger partial charge on any atom is 0.416 e. The van der Waals surface area contributed by atoms with Crippen molar-refractivity contribution in [2.45, 2.75) is 18.2 Å². The van der Waals surface area contributed by atoms with E-state index in [4.69, 9.17) is 4.74 Å². The van der Waals surface area contributed by atoms with Gasteiger partial charge in [0.25, 0.3) is 5.91 Å². The van der Waals surface area contributed by atoms with Gasteiger partial charge in [0, 0.05) is 23.7 Å². The second-order valence-electron chi connectivity index (χ2n) is 6.17. The molecule has 2 heterocycles. The minimum Gasteiger partial charge on any atom is -0.440 e. The van der Waals surface area contributed by atoms with Gasteiger partial charge in [-0.1, -0.05) is 30.3 Å². The predicted octanol–water partition coefficient (Wildman–Crippen LogP) is 3.88. The highest BCUT2D eigenvalue weighted by atomic mass is 19.4. The molecular formula is C19H12F3NO3. The smallest absolute Gasteiger partial charge is 0.416 e. The fourth-order valence-electron chi connectivity index (χ4n) is 3.32. The minimum absolute atomic E-state index is 0.0486. The first-order valence-electron chi connectivity index (χ1n) is 7.82. The zero-order chi connectivity index (χ0) is 18.5. The van der Waals surface area contributed by atoms with Crippen LogP contribution in [0, 0.1) is 0 Å². The standard InChI is InChI=1S/C19H12F3NO3/c20-19(21,22)13-7-5-11(6-8-13)12-9-16(24)26-18(10-12)14-3-1-2-4-15(14)23-17(18)25/h1-9H,10H2,(H,23,25)/t18-/m0/s1. The molecule has 0 saturated heterocycles. The molecule has 0 saturated carbocycles. The number of rotatable bonds is 1. The van der Waals surface area contributed by atoms with Gasteiger partial charge in [-0.3, -0.25) is 4.79 Å². The lowest BCUT2D eigenvalue weighted by Crippen LogP contribution is -2.41. The van der Waals surface area contributed by atoms with Crippen LogP contribution in [0.5, 0.6) is 0 Å². The molecule has 0 aliphatic carbocycles. The van der Waals surface area contributed by atoms with Crippen LogP contribution < -0.4 is 5.32 Å². The Labute approximate surface area is 146 Å². The Kier molecular flexibility index (Phi) is 3.44. The monoisotopic (exact) mass is 359 g/mol. The van der Waals surface area contributed by atoms with E-state index in [-0.39, 0.29) is 6.42 Å². The number of ether oxygens (including phenoxy) is 1. The third-order valence-corrected chi connectivity index (χ3v) is 4.57. The average molecular weight is 359 g/mol. The summed E-state index contributed by atoms with van der Waals surface area (Å²) in [4.78, 5) is 24.7. The van der Waals surface area contributed by atoms with Crippen LogP contribution in [0.3, 0.4) is 0 Å². The van der Waals surface area contributed by atoms with E-state index in [1.54, 1.807) is 24.3 Å². The summed E-state index contributed by atoms with van der Waals surface area (Å²) < 4.78 is 43.6. The Bertz CT molecular complexity index is 947. The molecule has 1 amide bonds. The Morgan fingerprint density at radius 3 is 2.38 bits per heavy atom. The summed E-state index contributed by atoms with van der Waals surface area (Å²) in [7, 11) is 0. The second-order valence-corrected chi connectivity index (χ2v) is 6.17. The van der Waals surface area contributed by atoms with Crippen molar-refractivity contribution < 1.29 is 27.5 Å². The van der Waals surface area contributed by atoms with E-state index in [2.05, 4.69) is 5.32 Å². The number of benzene rings is 2. The Hall–Kier alpha value is -3.09. The van der Waals surface area contributed by atoms with Gasteiger partial charge in [-0.15, -0.1) is 0 Å². The van der Waals surface area contributed by atoms with Crippen LogP contribution in [0.15, 0.2) is 54.6 Å². The van der Waals surface area contributed by atoms with Crippen LogP contribution in [0.25, 0.3) is 5.57 Å². The lowest BCUT2D eigenvalue weighted by atomic mass is 9.83. The van der Waals surface area contributed by atoms with Gasteiger partial charge >= 0.3 is 12.1 Å². The number of carbonyl (C=O) groups excluding carboxylic acids is 2. The van der Waals surface area contributed by atoms with Gasteiger partial charge in [0.1, 0.15) is 0 Å². The largest absolute Gasteiger partial charge is 0.440 e. The van der Waals surface area contributed by atoms with Crippen molar-refractivity contribution in [1.82, 2.24) is 0 Å². The van der Waals surface area contributed by atoms with Crippen molar-refractivity contribution in [2.75, 3.05) is 5.32 Å². The molecule has 0 aromatic heterocycles. The molecule has 4 nitrogen and oxygen atoms in total. The molecular weight excluding hydrogens is 347 g/mol. The summed E-state index contributed by atoms with van der Waals surface area (Å²) in [5.74, 6) is -1.18. The Morgan fingerprint density at radius 1 is 1.00 bits per heavy atom. The molecule has 0 unspecified atom stereocenters. The summed E-state index contributed by atoms with van der Waals surface area (Å²) >= 11 is 0. The van der Waals surface area contributed by atoms with Crippen LogP contribution in [0.1, 0.15) is 23.1 Å². The van der Waals surface area contributed by atoms with Gasteiger partial charge in [0.05, 0.1) is 5.56 Å². The number of halogens is 3. The molecule has 2 aromatic carbocycles. The van der Waals surface area contributed by atoms with Crippen molar-refractivity contribution in [2.24, 2.45) is 0 Å². The van der Waals surface area contributed by atoms with Crippen molar-refractivity contribution in [3.8, 4) is 0 Å². The molecule has 1 atom stereocenters. The van der Waals surface area contributed by atoms with Crippen molar-refractivity contribution >= 4 is 23.1 Å². The number of hydrogen-bond acceptors (Lipinski definition) is 3. The van der Waals surface area contributed by atoms with E-state index in [9.17, 15) is 22.8 Å². The highest BCUT2D eigenvalue weighted by Crippen LogP contribution is 2.47. The third kappa shape index (κ3) is 2.47. The minimum atomic E-state index is -4.44. The maximum absolute atomic E-state index is 12.7. The van der Waals surface area contributed by atoms with Gasteiger partial charge in [-0.25, -0.2) is 4.79 Å². The van der Waals surface area contributed by atoms with E-state index < -0.39 is 29.2 Å². The van der Waals surface area contributed by atoms with E-state index in [1.807, 2.05) is 0 Å². The lowest BCUT2D eigenvalue weighted by molar-refractivity contribution is -0.163. The SMILES string of the molecule is O=C1C=C(c2ccc(C(F)(F)F)cc2)C[C@@]2(O1)C(=O)Nc1ccccc12. The van der Waals surface area contributed by atoms with Crippen LogP contribution in [-0.4, -0.2) is 11.9 Å². The first kappa shape index (κ1) is 16.4. The number of fused-ring (bicyclic) bond motifs is 2. The number of hydrogen-bond donors (Lipinski definition) is 1. The Balaban J connectivity index is 1.74. The highest BCUT2D eigenvalue weighted by molar-refractivity contribution is 6.09. The first-order chi connectivity index (χ1) is 12.3. The van der Waals surface area contributed by atoms with E-state index in [1.165, 1.54) is 18.2 Å². The summed E-state index contributed by atoms with van der Waals surface area (Å²) in [6, 6.07) is 11.3. The summed E-state index contributed by atoms with van der Waals surface area (Å²) in [6.45, 7) is 0. The number of amides is 1. The maximum atomic E-state index is 12.7. The number of para-hydroxylation sites is 1. The van der Waals surface area contributed by atoms with Gasteiger partial charge in [-0.2, -0.15) is 13.2 Å². The molecule has 7 heteroatoms. The van der Waals surface area contributed by atoms with E-state index >= 15 is 0 Å². The zero-order valence-electron chi connectivity index (χ0n) is 13.3. The van der Waals surface area contributed by atoms with E-state index in [0.717, 1.165) is 12.1 Å². The Morgan fingerprint density at radius 2 is 1.69 bits per heavy atom. The molecule has 132 valence electrons. The van der Waals surface area contributed by atoms with Crippen molar-refractivity contribution in [3.63, 3.8) is 0 Å². The molecule has 4 rings (SSSR count). The highest BCUT2D eigenvalue weighted by Gasteiger charge is 2.52. The fourth-order valence-corrected chi connectivity index (χ4v) is 3.32. The number of carbonyl (C=O) groups is 2. The van der Waals surface area contributed by atoms with Gasteiger partial charge in [-0.05, 0) is 29.3 Å². The van der Waals surface area contributed by atoms with Crippen LogP contribution in [0.2, 0.25) is 0 Å². The number of anilines is 1. The molecule has 0 fully saturated rings. The fraction of sp³-hybridized carbons (Fsp3) is 0.158. The second kappa shape index (κ2) is 5.45. The number of nitrogens with one attached hydrogen (secondary N) is 1. The molecule has 0 bridgehead atoms. The summed E-state index contributed by atoms with van der Waals surface area (Å²) in [5.41, 5.74) is -0.303. The lowest BCUT2D eigenvalue weighted by Gasteiger charge is -2.31. The molecule has 2 aliphatic rings. The molecule has 0 radical (unpaired) electrons. The van der Waals surface area contributed by atoms with Crippen molar-refractivity contribution in [3.05, 3.63) is 71.3 Å². The van der Waals surface area contributed by atoms with Crippen molar-refractivity contribution in [1.29, 1.82) is 0 Å². The molecule has 26 heavy (non-hydrogen) atoms. The van der Waals surface area contributed by atoms with Gasteiger partial charge < -0.3 is 10.1 Å². The topological polar surface area (TPSA) is 55.4 Å². The van der Waals surface area contributed by atoms with Gasteiger partial charge in [0.2, 0.25) is 5.60 Å². The van der Waals surface area contributed by atoms with E-state index in [0.29, 0.717) is 22.4 Å². The average Bonchev–Trinajstić information content (AvgIpc) is 2.85. The molecule has 1 spiro atoms. The number of esters is 1. The normalized spacial score (nSPS) is 21.9. The predicted molar refractivity (Wildman–Crippen MR) is 86.9 cm³/mol. The number of alkyl halides is 3. The summed E-state index contributed by atoms with van der Waals surface area (Å²) in [5, 5.41) is 2.69. The third-order valence-electron chi connectivity index (χ3n) is 4.57. The molecule has 1 N–H and O–H groups in total. The zero-order valence-corrected chi connectivity index (χ0v) is 13.3. The first-order valence-corrected chi connectivity index (χ1v) is 7.82. The molecule has 2 aromatic rings. The van der Waals surface area contributed by atoms with Crippen LogP contribution in [0.4, 0.5) is 18.9 Å². The van der Waals surface area contributed by atoms with Gasteiger partial charge in [0.15, 0.2) is 0 Å². The summed E-state index contributed by atoms with van der Waals surface area (Å²) in [6.07, 6.45) is -3.18. The van der Waals surface area contributed by atoms with Crippen LogP contribution in [-0.2, 0) is 26.1 Å². The quantitative estimate of drug-likeness (QED) is 0.786.